The smallest absolute Gasteiger partial charge is 0.225 e. The van der Waals surface area contributed by atoms with Crippen molar-refractivity contribution in [2.45, 2.75) is 31.8 Å². The minimum absolute atomic E-state index is 0.0679. The number of fused-ring (bicyclic) bond motifs is 1. The molecule has 2 aromatic rings. The zero-order valence-corrected chi connectivity index (χ0v) is 14.8. The average molecular weight is 363 g/mol. The van der Waals surface area contributed by atoms with Crippen LogP contribution in [-0.2, 0) is 4.79 Å². The van der Waals surface area contributed by atoms with Crippen molar-refractivity contribution in [1.29, 1.82) is 0 Å². The Morgan fingerprint density at radius 3 is 2.60 bits per heavy atom. The van der Waals surface area contributed by atoms with Crippen LogP contribution in [0.2, 0.25) is 0 Å². The SMILES string of the molecule is O=C(C1CCN(c2nc3ccc(F)cc3s2)CC1)N1CCC(O)CC1. The van der Waals surface area contributed by atoms with Crippen LogP contribution in [0, 0.1) is 11.7 Å². The van der Waals surface area contributed by atoms with Crippen LogP contribution in [-0.4, -0.2) is 53.2 Å². The van der Waals surface area contributed by atoms with Crippen molar-refractivity contribution in [3.05, 3.63) is 24.0 Å². The monoisotopic (exact) mass is 363 g/mol. The molecule has 0 radical (unpaired) electrons. The molecule has 7 heteroatoms. The summed E-state index contributed by atoms with van der Waals surface area (Å²) >= 11 is 1.51. The Labute approximate surface area is 150 Å². The first-order valence-electron chi connectivity index (χ1n) is 8.88. The normalized spacial score (nSPS) is 20.4. The molecule has 1 aromatic carbocycles. The topological polar surface area (TPSA) is 56.7 Å². The fourth-order valence-electron chi connectivity index (χ4n) is 3.68. The van der Waals surface area contributed by atoms with Crippen LogP contribution in [0.1, 0.15) is 25.7 Å². The number of hydrogen-bond donors (Lipinski definition) is 1. The Morgan fingerprint density at radius 1 is 1.16 bits per heavy atom. The molecule has 25 heavy (non-hydrogen) atoms. The number of piperidine rings is 2. The summed E-state index contributed by atoms with van der Waals surface area (Å²) in [5.41, 5.74) is 0.825. The molecule has 2 saturated heterocycles. The van der Waals surface area contributed by atoms with E-state index >= 15 is 0 Å². The van der Waals surface area contributed by atoms with Gasteiger partial charge in [0, 0.05) is 32.1 Å². The van der Waals surface area contributed by atoms with Crippen molar-refractivity contribution >= 4 is 32.6 Å². The van der Waals surface area contributed by atoms with Gasteiger partial charge in [0.1, 0.15) is 5.82 Å². The molecular weight excluding hydrogens is 341 g/mol. The average Bonchev–Trinajstić information content (AvgIpc) is 3.05. The number of rotatable bonds is 2. The summed E-state index contributed by atoms with van der Waals surface area (Å²) in [7, 11) is 0. The maximum Gasteiger partial charge on any atom is 0.225 e. The Balaban J connectivity index is 1.38. The highest BCUT2D eigenvalue weighted by Crippen LogP contribution is 2.32. The van der Waals surface area contributed by atoms with Gasteiger partial charge in [-0.3, -0.25) is 4.79 Å². The maximum atomic E-state index is 13.3. The first-order valence-corrected chi connectivity index (χ1v) is 9.70. The summed E-state index contributed by atoms with van der Waals surface area (Å²) in [5.74, 6) is 0.0647. The zero-order valence-electron chi connectivity index (χ0n) is 14.0. The van der Waals surface area contributed by atoms with E-state index < -0.39 is 0 Å². The van der Waals surface area contributed by atoms with Crippen molar-refractivity contribution in [2.75, 3.05) is 31.1 Å². The molecule has 2 fully saturated rings. The lowest BCUT2D eigenvalue weighted by molar-refractivity contribution is -0.138. The summed E-state index contributed by atoms with van der Waals surface area (Å²) in [6, 6.07) is 4.68. The van der Waals surface area contributed by atoms with Crippen molar-refractivity contribution in [1.82, 2.24) is 9.88 Å². The van der Waals surface area contributed by atoms with Gasteiger partial charge in [-0.15, -0.1) is 0 Å². The Hall–Kier alpha value is -1.73. The van der Waals surface area contributed by atoms with Gasteiger partial charge >= 0.3 is 0 Å². The van der Waals surface area contributed by atoms with Crippen LogP contribution >= 0.6 is 11.3 Å². The molecule has 0 saturated carbocycles. The van der Waals surface area contributed by atoms with Gasteiger partial charge in [-0.1, -0.05) is 11.3 Å². The second-order valence-corrected chi connectivity index (χ2v) is 7.94. The van der Waals surface area contributed by atoms with Crippen LogP contribution < -0.4 is 4.90 Å². The van der Waals surface area contributed by atoms with Crippen molar-refractivity contribution < 1.29 is 14.3 Å². The van der Waals surface area contributed by atoms with E-state index in [1.54, 1.807) is 6.07 Å². The molecule has 134 valence electrons. The lowest BCUT2D eigenvalue weighted by Crippen LogP contribution is -2.46. The van der Waals surface area contributed by atoms with E-state index in [0.717, 1.165) is 41.3 Å². The van der Waals surface area contributed by atoms with E-state index in [9.17, 15) is 14.3 Å². The summed E-state index contributed by atoms with van der Waals surface area (Å²) < 4.78 is 14.2. The molecule has 0 aliphatic carbocycles. The zero-order chi connectivity index (χ0) is 17.4. The highest BCUT2D eigenvalue weighted by molar-refractivity contribution is 7.22. The number of amides is 1. The standard InChI is InChI=1S/C18H22FN3O2S/c19-13-1-2-15-16(11-13)25-18(20-15)22-7-3-12(4-8-22)17(24)21-9-5-14(23)6-10-21/h1-2,11-12,14,23H,3-10H2. The predicted octanol–water partition coefficient (Wildman–Crippen LogP) is 2.64. The van der Waals surface area contributed by atoms with Crippen LogP contribution in [0.4, 0.5) is 9.52 Å². The van der Waals surface area contributed by atoms with Crippen molar-refractivity contribution in [3.63, 3.8) is 0 Å². The quantitative estimate of drug-likeness (QED) is 0.891. The van der Waals surface area contributed by atoms with E-state index in [0.29, 0.717) is 25.9 Å². The van der Waals surface area contributed by atoms with Crippen molar-refractivity contribution in [3.8, 4) is 0 Å². The predicted molar refractivity (Wildman–Crippen MR) is 96.3 cm³/mol. The van der Waals surface area contributed by atoms with Crippen LogP contribution in [0.5, 0.6) is 0 Å². The fraction of sp³-hybridized carbons (Fsp3) is 0.556. The molecule has 0 unspecified atom stereocenters. The number of aromatic nitrogens is 1. The van der Waals surface area contributed by atoms with E-state index in [-0.39, 0.29) is 23.7 Å². The van der Waals surface area contributed by atoms with Gasteiger partial charge in [-0.05, 0) is 43.9 Å². The molecule has 0 atom stereocenters. The maximum absolute atomic E-state index is 13.3. The molecule has 2 aliphatic rings. The van der Waals surface area contributed by atoms with Gasteiger partial charge in [-0.25, -0.2) is 9.37 Å². The van der Waals surface area contributed by atoms with Crippen LogP contribution in [0.3, 0.4) is 0 Å². The molecule has 3 heterocycles. The number of aliphatic hydroxyl groups is 1. The number of likely N-dealkylation sites (tertiary alicyclic amines) is 1. The first-order chi connectivity index (χ1) is 12.1. The van der Waals surface area contributed by atoms with Gasteiger partial charge in [-0.2, -0.15) is 0 Å². The Morgan fingerprint density at radius 2 is 1.88 bits per heavy atom. The number of hydrogen-bond acceptors (Lipinski definition) is 5. The number of thiazole rings is 1. The third kappa shape index (κ3) is 3.48. The summed E-state index contributed by atoms with van der Waals surface area (Å²) in [6.45, 7) is 2.94. The number of anilines is 1. The number of halogens is 1. The van der Waals surface area contributed by atoms with E-state index in [4.69, 9.17) is 0 Å². The van der Waals surface area contributed by atoms with Gasteiger partial charge in [0.05, 0.1) is 16.3 Å². The lowest BCUT2D eigenvalue weighted by Gasteiger charge is -2.36. The Bertz CT molecular complexity index is 765. The minimum Gasteiger partial charge on any atom is -0.393 e. The lowest BCUT2D eigenvalue weighted by atomic mass is 9.94. The molecule has 1 aromatic heterocycles. The molecule has 1 amide bonds. The number of nitrogens with zero attached hydrogens (tertiary/aromatic N) is 3. The molecule has 1 N–H and O–H groups in total. The third-order valence-electron chi connectivity index (χ3n) is 5.23. The summed E-state index contributed by atoms with van der Waals surface area (Å²) in [5, 5.41) is 10.5. The highest BCUT2D eigenvalue weighted by atomic mass is 32.1. The van der Waals surface area contributed by atoms with Crippen molar-refractivity contribution in [2.24, 2.45) is 5.92 Å². The summed E-state index contributed by atoms with van der Waals surface area (Å²) in [6.07, 6.45) is 2.76. The van der Waals surface area contributed by atoms with E-state index in [2.05, 4.69) is 9.88 Å². The summed E-state index contributed by atoms with van der Waals surface area (Å²) in [4.78, 5) is 21.4. The molecule has 0 bridgehead atoms. The fourth-order valence-corrected chi connectivity index (χ4v) is 4.73. The van der Waals surface area contributed by atoms with Gasteiger partial charge < -0.3 is 14.9 Å². The Kier molecular flexibility index (Phi) is 4.60. The molecule has 4 rings (SSSR count). The van der Waals surface area contributed by atoms with Crippen LogP contribution in [0.25, 0.3) is 10.2 Å². The highest BCUT2D eigenvalue weighted by Gasteiger charge is 2.31. The van der Waals surface area contributed by atoms with E-state index in [1.807, 2.05) is 4.90 Å². The first kappa shape index (κ1) is 16.7. The van der Waals surface area contributed by atoms with Gasteiger partial charge in [0.15, 0.2) is 5.13 Å². The number of carbonyl (C=O) groups is 1. The molecule has 0 spiro atoms. The number of benzene rings is 1. The minimum atomic E-state index is -0.255. The largest absolute Gasteiger partial charge is 0.393 e. The van der Waals surface area contributed by atoms with Crippen LogP contribution in [0.15, 0.2) is 18.2 Å². The second-order valence-electron chi connectivity index (χ2n) is 6.93. The molecular formula is C18H22FN3O2S. The van der Waals surface area contributed by atoms with E-state index in [1.165, 1.54) is 23.5 Å². The third-order valence-corrected chi connectivity index (χ3v) is 6.31. The van der Waals surface area contributed by atoms with Gasteiger partial charge in [0.2, 0.25) is 5.91 Å². The van der Waals surface area contributed by atoms with Gasteiger partial charge in [0.25, 0.3) is 0 Å². The second kappa shape index (κ2) is 6.88. The number of aliphatic hydroxyl groups excluding tert-OH is 1. The number of carbonyl (C=O) groups excluding carboxylic acids is 1. The molecule has 5 nitrogen and oxygen atoms in total. The molecule has 2 aliphatic heterocycles.